The van der Waals surface area contributed by atoms with Gasteiger partial charge in [-0.05, 0) is 68.4 Å². The van der Waals surface area contributed by atoms with Crippen LogP contribution >= 0.6 is 11.5 Å². The lowest BCUT2D eigenvalue weighted by Gasteiger charge is -2.30. The largest absolute Gasteiger partial charge is 0.358 e. The first-order valence-corrected chi connectivity index (χ1v) is 8.51. The lowest BCUT2D eigenvalue weighted by molar-refractivity contribution is 0.376. The van der Waals surface area contributed by atoms with Gasteiger partial charge in [-0.1, -0.05) is 12.1 Å². The maximum Gasteiger partial charge on any atom is 0.120 e. The molecule has 0 radical (unpaired) electrons. The molecule has 1 saturated carbocycles. The van der Waals surface area contributed by atoms with E-state index in [0.29, 0.717) is 0 Å². The van der Waals surface area contributed by atoms with Crippen LogP contribution in [-0.2, 0) is 0 Å². The summed E-state index contributed by atoms with van der Waals surface area (Å²) in [6.07, 6.45) is 5.40. The van der Waals surface area contributed by atoms with E-state index in [-0.39, 0.29) is 0 Å². The maximum atomic E-state index is 4.63. The Morgan fingerprint density at radius 2 is 2.15 bits per heavy atom. The number of piperidine rings is 1. The van der Waals surface area contributed by atoms with Crippen LogP contribution in [0.5, 0.6) is 0 Å². The van der Waals surface area contributed by atoms with Gasteiger partial charge in [-0.3, -0.25) is 0 Å². The van der Waals surface area contributed by atoms with E-state index in [2.05, 4.69) is 38.9 Å². The molecule has 1 aliphatic heterocycles. The fourth-order valence-electron chi connectivity index (χ4n) is 3.22. The molecule has 1 aliphatic carbocycles. The highest BCUT2D eigenvalue weighted by molar-refractivity contribution is 7.11. The Kier molecular flexibility index (Phi) is 3.36. The van der Waals surface area contributed by atoms with Gasteiger partial charge in [0.25, 0.3) is 0 Å². The van der Waals surface area contributed by atoms with E-state index in [9.17, 15) is 0 Å². The van der Waals surface area contributed by atoms with Crippen molar-refractivity contribution >= 4 is 27.4 Å². The van der Waals surface area contributed by atoms with Crippen LogP contribution in [0.3, 0.4) is 0 Å². The lowest BCUT2D eigenvalue weighted by Crippen LogP contribution is -2.39. The smallest absolute Gasteiger partial charge is 0.120 e. The number of aromatic nitrogens is 1. The predicted octanol–water partition coefficient (Wildman–Crippen LogP) is 3.26. The zero-order valence-corrected chi connectivity index (χ0v) is 12.5. The van der Waals surface area contributed by atoms with Crippen molar-refractivity contribution in [2.75, 3.05) is 24.5 Å². The minimum absolute atomic E-state index is 0.765. The molecular formula is C16H21N3S. The van der Waals surface area contributed by atoms with Crippen LogP contribution in [0.15, 0.2) is 24.3 Å². The molecule has 1 aromatic heterocycles. The van der Waals surface area contributed by atoms with Gasteiger partial charge in [-0.2, -0.15) is 4.37 Å². The van der Waals surface area contributed by atoms with Crippen molar-refractivity contribution < 1.29 is 0 Å². The Bertz CT molecular complexity index is 584. The molecule has 20 heavy (non-hydrogen) atoms. The Labute approximate surface area is 124 Å². The molecule has 106 valence electrons. The minimum atomic E-state index is 0.765. The molecule has 1 atom stereocenters. The quantitative estimate of drug-likeness (QED) is 0.935. The van der Waals surface area contributed by atoms with Crippen molar-refractivity contribution in [1.29, 1.82) is 0 Å². The zero-order valence-electron chi connectivity index (χ0n) is 11.7. The van der Waals surface area contributed by atoms with Crippen molar-refractivity contribution in [1.82, 2.24) is 9.69 Å². The summed E-state index contributed by atoms with van der Waals surface area (Å²) in [6, 6.07) is 9.33. The van der Waals surface area contributed by atoms with Crippen LogP contribution < -0.4 is 10.2 Å². The van der Waals surface area contributed by atoms with Crippen LogP contribution in [0.2, 0.25) is 0 Å². The number of rotatable bonds is 4. The highest BCUT2D eigenvalue weighted by Gasteiger charge is 2.33. The molecule has 1 saturated heterocycles. The van der Waals surface area contributed by atoms with E-state index >= 15 is 0 Å². The first kappa shape index (κ1) is 12.6. The van der Waals surface area contributed by atoms with Crippen molar-refractivity contribution in [3.8, 4) is 0 Å². The van der Waals surface area contributed by atoms with Crippen molar-refractivity contribution in [3.05, 3.63) is 24.3 Å². The van der Waals surface area contributed by atoms with Gasteiger partial charge in [0, 0.05) is 18.0 Å². The van der Waals surface area contributed by atoms with E-state index in [1.165, 1.54) is 55.7 Å². The second-order valence-electron chi connectivity index (χ2n) is 6.10. The third-order valence-corrected chi connectivity index (χ3v) is 5.38. The topological polar surface area (TPSA) is 28.2 Å². The Morgan fingerprint density at radius 3 is 2.95 bits per heavy atom. The maximum absolute atomic E-state index is 4.63. The van der Waals surface area contributed by atoms with Crippen LogP contribution in [0.25, 0.3) is 10.9 Å². The molecule has 4 heteroatoms. The van der Waals surface area contributed by atoms with Crippen molar-refractivity contribution in [3.63, 3.8) is 0 Å². The van der Waals surface area contributed by atoms with E-state index in [4.69, 9.17) is 0 Å². The van der Waals surface area contributed by atoms with Crippen LogP contribution in [0, 0.1) is 5.92 Å². The Morgan fingerprint density at radius 1 is 1.25 bits per heavy atom. The molecule has 2 heterocycles. The van der Waals surface area contributed by atoms with E-state index in [1.54, 1.807) is 11.5 Å². The number of nitrogens with one attached hydrogen (secondary N) is 1. The number of fused-ring (bicyclic) bond motifs is 1. The van der Waals surface area contributed by atoms with Crippen molar-refractivity contribution in [2.24, 2.45) is 5.92 Å². The van der Waals surface area contributed by atoms with Crippen LogP contribution in [0.1, 0.15) is 25.7 Å². The van der Waals surface area contributed by atoms with Gasteiger partial charge in [0.05, 0.1) is 5.52 Å². The standard InChI is InChI=1S/C16H21N3S/c1-2-6-15-14(5-1)16(20-18-15)19(13-7-8-13)11-12-4-3-9-17-10-12/h1-2,5-6,12-13,17H,3-4,7-11H2. The van der Waals surface area contributed by atoms with E-state index in [0.717, 1.165) is 17.5 Å². The second kappa shape index (κ2) is 5.34. The van der Waals surface area contributed by atoms with E-state index < -0.39 is 0 Å². The number of nitrogens with zero attached hydrogens (tertiary/aromatic N) is 2. The highest BCUT2D eigenvalue weighted by atomic mass is 32.1. The summed E-state index contributed by atoms with van der Waals surface area (Å²) < 4.78 is 4.63. The summed E-state index contributed by atoms with van der Waals surface area (Å²) >= 11 is 1.68. The van der Waals surface area contributed by atoms with Gasteiger partial charge in [-0.15, -0.1) is 0 Å². The molecule has 2 aliphatic rings. The first-order chi connectivity index (χ1) is 9.92. The Hall–Kier alpha value is -1.13. The molecule has 2 aromatic rings. The molecule has 1 unspecified atom stereocenters. The molecule has 3 nitrogen and oxygen atoms in total. The van der Waals surface area contributed by atoms with Gasteiger partial charge in [0.1, 0.15) is 5.00 Å². The normalized spacial score (nSPS) is 23.1. The molecule has 0 spiro atoms. The number of benzene rings is 1. The van der Waals surface area contributed by atoms with Crippen LogP contribution in [-0.4, -0.2) is 30.0 Å². The van der Waals surface area contributed by atoms with Crippen LogP contribution in [0.4, 0.5) is 5.00 Å². The predicted molar refractivity (Wildman–Crippen MR) is 85.6 cm³/mol. The minimum Gasteiger partial charge on any atom is -0.358 e. The second-order valence-corrected chi connectivity index (χ2v) is 6.85. The molecule has 1 N–H and O–H groups in total. The fraction of sp³-hybridized carbons (Fsp3) is 0.562. The molecule has 4 rings (SSSR count). The zero-order chi connectivity index (χ0) is 13.4. The van der Waals surface area contributed by atoms with Gasteiger partial charge in [0.2, 0.25) is 0 Å². The molecule has 0 bridgehead atoms. The SMILES string of the molecule is c1ccc2c(N(CC3CCCNC3)C3CC3)snc2c1. The average Bonchev–Trinajstić information content (AvgIpc) is 3.25. The Balaban J connectivity index is 1.61. The monoisotopic (exact) mass is 287 g/mol. The fourth-order valence-corrected chi connectivity index (χ4v) is 4.17. The molecule has 2 fully saturated rings. The highest BCUT2D eigenvalue weighted by Crippen LogP contribution is 2.39. The summed E-state index contributed by atoms with van der Waals surface area (Å²) in [6.45, 7) is 3.58. The third-order valence-electron chi connectivity index (χ3n) is 4.47. The third kappa shape index (κ3) is 2.42. The van der Waals surface area contributed by atoms with Crippen molar-refractivity contribution in [2.45, 2.75) is 31.7 Å². The van der Waals surface area contributed by atoms with E-state index in [1.807, 2.05) is 0 Å². The first-order valence-electron chi connectivity index (χ1n) is 7.73. The number of hydrogen-bond acceptors (Lipinski definition) is 4. The van der Waals surface area contributed by atoms with Gasteiger partial charge in [0.15, 0.2) is 0 Å². The van der Waals surface area contributed by atoms with Gasteiger partial charge < -0.3 is 10.2 Å². The number of hydrogen-bond donors (Lipinski definition) is 1. The summed E-state index contributed by atoms with van der Waals surface area (Å²) in [5, 5.41) is 6.28. The molecule has 0 amide bonds. The summed E-state index contributed by atoms with van der Waals surface area (Å²) in [5.74, 6) is 0.796. The summed E-state index contributed by atoms with van der Waals surface area (Å²) in [7, 11) is 0. The molecule has 1 aromatic carbocycles. The van der Waals surface area contributed by atoms with Gasteiger partial charge >= 0.3 is 0 Å². The average molecular weight is 287 g/mol. The lowest BCUT2D eigenvalue weighted by atomic mass is 9.99. The summed E-state index contributed by atoms with van der Waals surface area (Å²) in [5.41, 5.74) is 1.15. The molecular weight excluding hydrogens is 266 g/mol. The summed E-state index contributed by atoms with van der Waals surface area (Å²) in [4.78, 5) is 2.65. The van der Waals surface area contributed by atoms with Gasteiger partial charge in [-0.25, -0.2) is 0 Å². The number of anilines is 1.